The molecule has 5 rings (SSSR count). The Morgan fingerprint density at radius 1 is 1.19 bits per heavy atom. The fourth-order valence-electron chi connectivity index (χ4n) is 4.65. The number of nitrogens with zero attached hydrogens (tertiary/aromatic N) is 4. The molecule has 1 N–H and O–H groups in total. The van der Waals surface area contributed by atoms with Gasteiger partial charge < -0.3 is 14.6 Å². The average molecular weight is 443 g/mol. The molecule has 1 saturated carbocycles. The summed E-state index contributed by atoms with van der Waals surface area (Å²) in [5.41, 5.74) is 0.900. The maximum Gasteiger partial charge on any atom is 0.417 e. The Kier molecular flexibility index (Phi) is 4.87. The zero-order chi connectivity index (χ0) is 22.5. The molecule has 2 aliphatic rings. The summed E-state index contributed by atoms with van der Waals surface area (Å²) in [5, 5.41) is 3.21. The number of aromatic nitrogens is 3. The molecule has 3 aromatic heterocycles. The molecule has 166 valence electrons. The van der Waals surface area contributed by atoms with Gasteiger partial charge in [0, 0.05) is 25.0 Å². The van der Waals surface area contributed by atoms with Gasteiger partial charge in [0.25, 0.3) is 5.91 Å². The molecule has 32 heavy (non-hydrogen) atoms. The van der Waals surface area contributed by atoms with E-state index < -0.39 is 11.7 Å². The monoisotopic (exact) mass is 443 g/mol. The van der Waals surface area contributed by atoms with E-state index in [2.05, 4.69) is 20.3 Å². The number of aryl methyl sites for hydroxylation is 1. The van der Waals surface area contributed by atoms with E-state index in [0.29, 0.717) is 29.7 Å². The zero-order valence-electron chi connectivity index (χ0n) is 17.1. The van der Waals surface area contributed by atoms with E-state index >= 15 is 0 Å². The summed E-state index contributed by atoms with van der Waals surface area (Å²) in [4.78, 5) is 27.7. The minimum atomic E-state index is -4.43. The molecule has 3 atom stereocenters. The maximum atomic E-state index is 13.4. The lowest BCUT2D eigenvalue weighted by Crippen LogP contribution is -2.48. The molecular weight excluding hydrogens is 423 g/mol. The van der Waals surface area contributed by atoms with Gasteiger partial charge in [-0.05, 0) is 49.4 Å². The molecule has 1 saturated heterocycles. The highest BCUT2D eigenvalue weighted by atomic mass is 19.4. The van der Waals surface area contributed by atoms with E-state index in [9.17, 15) is 18.0 Å². The molecule has 0 radical (unpaired) electrons. The van der Waals surface area contributed by atoms with Crippen molar-refractivity contribution in [1.29, 1.82) is 0 Å². The second-order valence-electron chi connectivity index (χ2n) is 8.29. The van der Waals surface area contributed by atoms with E-state index in [-0.39, 0.29) is 23.7 Å². The van der Waals surface area contributed by atoms with Gasteiger partial charge in [-0.2, -0.15) is 13.2 Å². The number of pyridine rings is 2. The normalized spacial score (nSPS) is 22.4. The third-order valence-corrected chi connectivity index (χ3v) is 6.06. The van der Waals surface area contributed by atoms with Crippen molar-refractivity contribution in [3.63, 3.8) is 0 Å². The van der Waals surface area contributed by atoms with Crippen LogP contribution in [0.3, 0.4) is 0 Å². The summed E-state index contributed by atoms with van der Waals surface area (Å²) in [6.45, 7) is 2.49. The second-order valence-corrected chi connectivity index (χ2v) is 8.29. The van der Waals surface area contributed by atoms with Crippen molar-refractivity contribution in [3.8, 4) is 11.5 Å². The first-order chi connectivity index (χ1) is 15.3. The van der Waals surface area contributed by atoms with Crippen molar-refractivity contribution < 1.29 is 22.4 Å². The lowest BCUT2D eigenvalue weighted by atomic mass is 10.0. The lowest BCUT2D eigenvalue weighted by molar-refractivity contribution is -0.137. The molecule has 1 aliphatic heterocycles. The van der Waals surface area contributed by atoms with E-state index in [1.54, 1.807) is 11.1 Å². The number of piperidine rings is 1. The summed E-state index contributed by atoms with van der Waals surface area (Å²) in [6.07, 6.45) is 2.63. The SMILES string of the molecule is Cc1cnc(C(=O)N2CC3CC(Nc4ccc(C(F)(F)F)cn4)C2C3)c(-c2ncco2)c1. The highest BCUT2D eigenvalue weighted by Crippen LogP contribution is 2.40. The summed E-state index contributed by atoms with van der Waals surface area (Å²) >= 11 is 0. The fourth-order valence-corrected chi connectivity index (χ4v) is 4.65. The third kappa shape index (κ3) is 3.69. The number of rotatable bonds is 4. The van der Waals surface area contributed by atoms with Gasteiger partial charge in [-0.3, -0.25) is 4.79 Å². The maximum absolute atomic E-state index is 13.4. The molecule has 7 nitrogen and oxygen atoms in total. The van der Waals surface area contributed by atoms with Gasteiger partial charge >= 0.3 is 6.18 Å². The zero-order valence-corrected chi connectivity index (χ0v) is 17.1. The third-order valence-electron chi connectivity index (χ3n) is 6.06. The average Bonchev–Trinajstić information content (AvgIpc) is 3.50. The van der Waals surface area contributed by atoms with Crippen LogP contribution >= 0.6 is 0 Å². The van der Waals surface area contributed by atoms with E-state index in [0.717, 1.165) is 30.7 Å². The molecule has 10 heteroatoms. The Hall–Kier alpha value is -3.43. The Morgan fingerprint density at radius 3 is 2.69 bits per heavy atom. The predicted octanol–water partition coefficient (Wildman–Crippen LogP) is 4.17. The number of oxazole rings is 1. The van der Waals surface area contributed by atoms with Crippen molar-refractivity contribution in [2.75, 3.05) is 11.9 Å². The molecule has 2 fully saturated rings. The van der Waals surface area contributed by atoms with Crippen LogP contribution in [0.15, 0.2) is 47.5 Å². The smallest absolute Gasteiger partial charge is 0.417 e. The van der Waals surface area contributed by atoms with Crippen LogP contribution in [0.25, 0.3) is 11.5 Å². The molecule has 0 aromatic carbocycles. The Bertz CT molecular complexity index is 1130. The van der Waals surface area contributed by atoms with Crippen LogP contribution < -0.4 is 5.32 Å². The van der Waals surface area contributed by atoms with Gasteiger partial charge in [0.15, 0.2) is 0 Å². The van der Waals surface area contributed by atoms with Gasteiger partial charge in [-0.1, -0.05) is 0 Å². The van der Waals surface area contributed by atoms with E-state index in [1.807, 2.05) is 13.0 Å². The Balaban J connectivity index is 1.36. The van der Waals surface area contributed by atoms with Crippen LogP contribution in [0, 0.1) is 12.8 Å². The van der Waals surface area contributed by atoms with E-state index in [4.69, 9.17) is 4.42 Å². The number of likely N-dealkylation sites (tertiary alicyclic amines) is 1. The summed E-state index contributed by atoms with van der Waals surface area (Å²) < 4.78 is 43.8. The largest absolute Gasteiger partial charge is 0.444 e. The molecule has 0 spiro atoms. The Morgan fingerprint density at radius 2 is 2.03 bits per heavy atom. The predicted molar refractivity (Wildman–Crippen MR) is 109 cm³/mol. The molecule has 4 heterocycles. The molecule has 2 bridgehead atoms. The van der Waals surface area contributed by atoms with Crippen molar-refractivity contribution >= 4 is 11.7 Å². The molecule has 1 amide bonds. The number of carbonyl (C=O) groups is 1. The minimum Gasteiger partial charge on any atom is -0.444 e. The van der Waals surface area contributed by atoms with Gasteiger partial charge in [0.2, 0.25) is 5.89 Å². The van der Waals surface area contributed by atoms with Crippen molar-refractivity contribution in [2.45, 2.75) is 38.0 Å². The minimum absolute atomic E-state index is 0.0995. The standard InChI is InChI=1S/C22H20F3N5O2/c1-12-6-15(20-26-4-5-32-20)19(28-9-12)21(31)30-11-13-7-16(17(30)8-13)29-18-3-2-14(10-27-18)22(23,24)25/h2-6,9-10,13,16-17H,7-8,11H2,1H3,(H,27,29). The van der Waals surface area contributed by atoms with Gasteiger partial charge in [0.05, 0.1) is 23.4 Å². The second kappa shape index (κ2) is 7.61. The number of anilines is 1. The van der Waals surface area contributed by atoms with E-state index in [1.165, 1.54) is 18.5 Å². The van der Waals surface area contributed by atoms with Crippen molar-refractivity contribution in [1.82, 2.24) is 19.9 Å². The number of amides is 1. The van der Waals surface area contributed by atoms with Gasteiger partial charge in [-0.15, -0.1) is 0 Å². The number of carbonyl (C=O) groups excluding carboxylic acids is 1. The molecular formula is C22H20F3N5O2. The van der Waals surface area contributed by atoms with Gasteiger partial charge in [-0.25, -0.2) is 15.0 Å². The van der Waals surface area contributed by atoms with Crippen LogP contribution in [-0.2, 0) is 6.18 Å². The van der Waals surface area contributed by atoms with Crippen molar-refractivity contribution in [2.24, 2.45) is 5.92 Å². The van der Waals surface area contributed by atoms with Gasteiger partial charge in [0.1, 0.15) is 17.8 Å². The first-order valence-corrected chi connectivity index (χ1v) is 10.3. The number of hydrogen-bond acceptors (Lipinski definition) is 6. The summed E-state index contributed by atoms with van der Waals surface area (Å²) in [5.74, 6) is 0.790. The summed E-state index contributed by atoms with van der Waals surface area (Å²) in [6, 6.07) is 3.95. The number of nitrogens with one attached hydrogen (secondary N) is 1. The van der Waals surface area contributed by atoms with Crippen LogP contribution in [0.2, 0.25) is 0 Å². The number of alkyl halides is 3. The topological polar surface area (TPSA) is 84.2 Å². The molecule has 3 aromatic rings. The quantitative estimate of drug-likeness (QED) is 0.652. The van der Waals surface area contributed by atoms with Crippen molar-refractivity contribution in [3.05, 3.63) is 59.9 Å². The highest BCUT2D eigenvalue weighted by molar-refractivity contribution is 5.98. The van der Waals surface area contributed by atoms with Crippen LogP contribution in [0.1, 0.15) is 34.5 Å². The summed E-state index contributed by atoms with van der Waals surface area (Å²) in [7, 11) is 0. The Labute approximate surface area is 181 Å². The number of hydrogen-bond donors (Lipinski definition) is 1. The number of halogens is 3. The number of fused-ring (bicyclic) bond motifs is 2. The van der Waals surface area contributed by atoms with Crippen LogP contribution in [0.5, 0.6) is 0 Å². The van der Waals surface area contributed by atoms with Crippen LogP contribution in [-0.4, -0.2) is 44.4 Å². The lowest BCUT2D eigenvalue weighted by Gasteiger charge is -2.34. The molecule has 1 aliphatic carbocycles. The highest BCUT2D eigenvalue weighted by Gasteiger charge is 2.47. The molecule has 3 unspecified atom stereocenters. The van der Waals surface area contributed by atoms with Crippen LogP contribution in [0.4, 0.5) is 19.0 Å². The first-order valence-electron chi connectivity index (χ1n) is 10.3. The first kappa shape index (κ1) is 20.5. The fraction of sp³-hybridized carbons (Fsp3) is 0.364.